The van der Waals surface area contributed by atoms with Gasteiger partial charge in [-0.1, -0.05) is 52.0 Å². The molecular weight excluding hydrogens is 989 g/mol. The Morgan fingerprint density at radius 2 is 0.577 bits per heavy atom. The van der Waals surface area contributed by atoms with Crippen molar-refractivity contribution in [3.8, 4) is 46.0 Å². The number of ether oxygens (including phenoxy) is 10. The van der Waals surface area contributed by atoms with Crippen LogP contribution in [0.4, 0.5) is 0 Å². The Morgan fingerprint density at radius 1 is 0.372 bits per heavy atom. The maximum absolute atomic E-state index is 9.30. The molecule has 16 rings (SSSR count). The molecule has 8 fully saturated rings. The van der Waals surface area contributed by atoms with Crippen molar-refractivity contribution in [3.63, 3.8) is 0 Å². The fraction of sp³-hybridized carbons (Fsp3) is 0.625. The highest BCUT2D eigenvalue weighted by Crippen LogP contribution is 2.62. The van der Waals surface area contributed by atoms with Crippen molar-refractivity contribution < 1.29 is 57.6 Å². The van der Waals surface area contributed by atoms with Crippen LogP contribution in [0.15, 0.2) is 72.8 Å². The van der Waals surface area contributed by atoms with Gasteiger partial charge >= 0.3 is 0 Å². The minimum Gasteiger partial charge on any atom is -0.492 e. The molecule has 78 heavy (non-hydrogen) atoms. The lowest BCUT2D eigenvalue weighted by Gasteiger charge is -2.33. The van der Waals surface area contributed by atoms with Gasteiger partial charge in [0.25, 0.3) is 0 Å². The highest BCUT2D eigenvalue weighted by Gasteiger charge is 2.56. The number of aliphatic hydroxyl groups is 2. The van der Waals surface area contributed by atoms with Crippen LogP contribution in [0, 0.1) is 0 Å². The second-order valence-electron chi connectivity index (χ2n) is 23.3. The van der Waals surface area contributed by atoms with E-state index < -0.39 is 0 Å². The van der Waals surface area contributed by atoms with Crippen LogP contribution >= 0.6 is 0 Å². The number of hydrogen-bond donors (Lipinski definition) is 4. The van der Waals surface area contributed by atoms with Crippen molar-refractivity contribution in [2.75, 3.05) is 54.9 Å². The van der Waals surface area contributed by atoms with E-state index in [1.807, 2.05) is 76.2 Å². The summed E-state index contributed by atoms with van der Waals surface area (Å²) in [5.41, 5.74) is 17.9. The summed E-state index contributed by atoms with van der Waals surface area (Å²) in [7, 11) is 6.50. The Morgan fingerprint density at radius 3 is 0.756 bits per heavy atom. The molecule has 8 saturated carbocycles. The zero-order valence-electron chi connectivity index (χ0n) is 47.8. The van der Waals surface area contributed by atoms with Gasteiger partial charge in [-0.2, -0.15) is 0 Å². The zero-order chi connectivity index (χ0) is 55.2. The molecule has 0 saturated heterocycles. The van der Waals surface area contributed by atoms with Crippen LogP contribution in [-0.4, -0.2) is 114 Å². The van der Waals surface area contributed by atoms with E-state index in [0.29, 0.717) is 24.3 Å². The molecule has 8 aliphatic carbocycles. The molecule has 0 amide bonds. The van der Waals surface area contributed by atoms with E-state index in [0.717, 1.165) is 124 Å². The van der Waals surface area contributed by atoms with Gasteiger partial charge in [0.1, 0.15) is 70.4 Å². The van der Waals surface area contributed by atoms with Crippen LogP contribution < -0.4 is 49.4 Å². The third-order valence-corrected chi connectivity index (χ3v) is 17.1. The third-order valence-electron chi connectivity index (χ3n) is 17.1. The summed E-state index contributed by atoms with van der Waals surface area (Å²) >= 11 is 0. The predicted molar refractivity (Wildman–Crippen MR) is 303 cm³/mol. The highest BCUT2D eigenvalue weighted by atomic mass is 16.5. The van der Waals surface area contributed by atoms with Gasteiger partial charge in [-0.05, 0) is 126 Å². The van der Waals surface area contributed by atoms with E-state index in [2.05, 4.69) is 33.7 Å². The lowest BCUT2D eigenvalue weighted by atomic mass is 9.90. The summed E-state index contributed by atoms with van der Waals surface area (Å²) in [5, 5.41) is 18.6. The normalized spacial score (nSPS) is 28.2. The van der Waals surface area contributed by atoms with E-state index in [4.69, 9.17) is 49.4 Å². The molecule has 4 heterocycles. The topological polar surface area (TPSA) is 185 Å². The molecule has 14 nitrogen and oxygen atoms in total. The smallest absolute Gasteiger partial charge is 0.127 e. The van der Waals surface area contributed by atoms with Crippen LogP contribution in [0.2, 0.25) is 0 Å². The first-order valence-electron chi connectivity index (χ1n) is 29.3. The van der Waals surface area contributed by atoms with E-state index in [1.165, 1.54) is 73.6 Å². The maximum atomic E-state index is 9.30. The first-order chi connectivity index (χ1) is 37.9. The molecule has 12 aliphatic rings. The van der Waals surface area contributed by atoms with Crippen LogP contribution in [0.5, 0.6) is 46.0 Å². The molecule has 0 unspecified atom stereocenters. The second kappa shape index (κ2) is 24.8. The Bertz CT molecular complexity index is 2230. The molecule has 6 N–H and O–H groups in total. The average molecular weight is 1080 g/mol. The van der Waals surface area contributed by atoms with Crippen molar-refractivity contribution >= 4 is 0 Å². The van der Waals surface area contributed by atoms with Crippen molar-refractivity contribution in [3.05, 3.63) is 95.1 Å². The van der Waals surface area contributed by atoms with Gasteiger partial charge in [0, 0.05) is 110 Å². The molecule has 0 radical (unpaired) electrons. The van der Waals surface area contributed by atoms with Gasteiger partial charge in [0.05, 0.1) is 38.6 Å². The monoisotopic (exact) mass is 1080 g/mol. The van der Waals surface area contributed by atoms with Gasteiger partial charge in [0.2, 0.25) is 0 Å². The van der Waals surface area contributed by atoms with Gasteiger partial charge in [-0.25, -0.2) is 0 Å². The SMILES string of the molecule is CC.CC.COC.COC.NC1CC(Oc2cccc3c2C2(CC2)CO3)C1.NC1CC(Oc2cccc3c2C2(CC2)CO3)C1.OC1CC(Oc2cccc3c2C2(CC2)CO3)C1.OC1CC(Oc2cccc3c2C2(CC2)CO3)C1. The Hall–Kier alpha value is -4.96. The van der Waals surface area contributed by atoms with Gasteiger partial charge < -0.3 is 69.0 Å². The lowest BCUT2D eigenvalue weighted by Crippen LogP contribution is -2.43. The molecule has 4 aliphatic heterocycles. The predicted octanol–water partition coefficient (Wildman–Crippen LogP) is 10.6. The van der Waals surface area contributed by atoms with Gasteiger partial charge in [-0.3, -0.25) is 0 Å². The molecule has 14 heteroatoms. The molecule has 4 spiro atoms. The molecule has 0 aromatic heterocycles. The van der Waals surface area contributed by atoms with E-state index in [1.54, 1.807) is 28.4 Å². The summed E-state index contributed by atoms with van der Waals surface area (Å²) < 4.78 is 55.7. The molecule has 4 aromatic carbocycles. The fourth-order valence-electron chi connectivity index (χ4n) is 11.7. The summed E-state index contributed by atoms with van der Waals surface area (Å²) in [6.07, 6.45) is 17.5. The summed E-state index contributed by atoms with van der Waals surface area (Å²) in [6, 6.07) is 25.1. The largest absolute Gasteiger partial charge is 0.492 e. The lowest BCUT2D eigenvalue weighted by molar-refractivity contribution is -0.0117. The quantitative estimate of drug-likeness (QED) is 0.131. The van der Waals surface area contributed by atoms with Crippen LogP contribution in [0.3, 0.4) is 0 Å². The summed E-state index contributed by atoms with van der Waals surface area (Å²) in [6.45, 7) is 11.3. The number of methoxy groups -OCH3 is 2. The van der Waals surface area contributed by atoms with E-state index >= 15 is 0 Å². The Labute approximate surface area is 464 Å². The van der Waals surface area contributed by atoms with E-state index in [9.17, 15) is 10.2 Å². The molecular formula is C64H90N2O12. The van der Waals surface area contributed by atoms with Crippen molar-refractivity contribution in [2.24, 2.45) is 11.5 Å². The van der Waals surface area contributed by atoms with Gasteiger partial charge in [-0.15, -0.1) is 0 Å². The minimum atomic E-state index is -0.164. The standard InChI is InChI=1S/2C14H17NO2.2C14H16O3.2C2H6O.2C2H6/c4*15-9-6-10(7-9)17-12-3-1-2-11-13(12)14(4-5-14)8-16-11;2*1-3-2;2*1-2/h2*1-3,9-10H,4-8,15H2;2*1-3,9-10,15H,4-8H2;2*1-2H3;2*1-2H3. The fourth-order valence-corrected chi connectivity index (χ4v) is 11.7. The number of nitrogens with two attached hydrogens (primary N) is 2. The van der Waals surface area contributed by atoms with Crippen LogP contribution in [0.1, 0.15) is 153 Å². The van der Waals surface area contributed by atoms with Crippen molar-refractivity contribution in [2.45, 2.75) is 201 Å². The summed E-state index contributed by atoms with van der Waals surface area (Å²) in [4.78, 5) is 0. The van der Waals surface area contributed by atoms with E-state index in [-0.39, 0.29) is 46.1 Å². The third kappa shape index (κ3) is 12.5. The maximum Gasteiger partial charge on any atom is 0.127 e. The van der Waals surface area contributed by atoms with Crippen LogP contribution in [-0.2, 0) is 31.1 Å². The number of hydrogen-bond acceptors (Lipinski definition) is 14. The molecule has 428 valence electrons. The Balaban J connectivity index is 0.000000120. The average Bonchev–Trinajstić information content (AvgIpc) is 4.43. The summed E-state index contributed by atoms with van der Waals surface area (Å²) in [5.74, 6) is 8.10. The molecule has 0 bridgehead atoms. The first-order valence-corrected chi connectivity index (χ1v) is 29.3. The number of aliphatic hydroxyl groups excluding tert-OH is 2. The minimum absolute atomic E-state index is 0.164. The number of rotatable bonds is 8. The molecule has 4 aromatic rings. The number of benzene rings is 4. The second-order valence-corrected chi connectivity index (χ2v) is 23.3. The molecule has 0 atom stereocenters. The highest BCUT2D eigenvalue weighted by molar-refractivity contribution is 5.58. The van der Waals surface area contributed by atoms with Crippen LogP contribution in [0.25, 0.3) is 0 Å². The number of fused-ring (bicyclic) bond motifs is 8. The van der Waals surface area contributed by atoms with Crippen molar-refractivity contribution in [1.82, 2.24) is 0 Å². The zero-order valence-corrected chi connectivity index (χ0v) is 47.8. The first kappa shape index (κ1) is 57.7. The van der Waals surface area contributed by atoms with Crippen molar-refractivity contribution in [1.29, 1.82) is 0 Å². The Kier molecular flexibility index (Phi) is 18.4. The van der Waals surface area contributed by atoms with Gasteiger partial charge in [0.15, 0.2) is 0 Å².